The van der Waals surface area contributed by atoms with Crippen LogP contribution < -0.4 is 5.32 Å². The molecule has 0 aromatic carbocycles. The van der Waals surface area contributed by atoms with Crippen LogP contribution >= 0.6 is 0 Å². The fourth-order valence-corrected chi connectivity index (χ4v) is 2.03. The maximum Gasteiger partial charge on any atom is 0.389 e. The van der Waals surface area contributed by atoms with Crippen molar-refractivity contribution in [2.75, 3.05) is 13.2 Å². The first-order valence-corrected chi connectivity index (χ1v) is 6.28. The Balaban J connectivity index is 2.07. The van der Waals surface area contributed by atoms with E-state index in [0.29, 0.717) is 6.42 Å². The standard InChI is InChI=1S/C12H22F3NO/c1-10(3-2-4-12(13,14)15)16-9-11(5-6-11)7-8-17/h10,16-17H,2-9H2,1H3. The van der Waals surface area contributed by atoms with Gasteiger partial charge in [0.05, 0.1) is 0 Å². The van der Waals surface area contributed by atoms with Crippen molar-refractivity contribution < 1.29 is 18.3 Å². The first-order chi connectivity index (χ1) is 7.87. The highest BCUT2D eigenvalue weighted by Crippen LogP contribution is 2.47. The molecule has 1 atom stereocenters. The van der Waals surface area contributed by atoms with E-state index in [4.69, 9.17) is 5.11 Å². The van der Waals surface area contributed by atoms with Crippen molar-refractivity contribution in [3.63, 3.8) is 0 Å². The van der Waals surface area contributed by atoms with Gasteiger partial charge in [0.15, 0.2) is 0 Å². The highest BCUT2D eigenvalue weighted by atomic mass is 19.4. The third kappa shape index (κ3) is 6.27. The molecule has 0 bridgehead atoms. The molecule has 0 amide bonds. The predicted molar refractivity (Wildman–Crippen MR) is 60.7 cm³/mol. The average Bonchev–Trinajstić information content (AvgIpc) is 2.94. The number of rotatable bonds is 8. The van der Waals surface area contributed by atoms with Crippen molar-refractivity contribution in [3.05, 3.63) is 0 Å². The monoisotopic (exact) mass is 253 g/mol. The molecule has 1 unspecified atom stereocenters. The largest absolute Gasteiger partial charge is 0.396 e. The first kappa shape index (κ1) is 14.8. The van der Waals surface area contributed by atoms with Crippen LogP contribution in [0.15, 0.2) is 0 Å². The molecule has 0 aromatic heterocycles. The number of aliphatic hydroxyl groups excluding tert-OH is 1. The Labute approximate surface area is 101 Å². The zero-order valence-electron chi connectivity index (χ0n) is 10.3. The second-order valence-electron chi connectivity index (χ2n) is 5.26. The Bertz CT molecular complexity index is 226. The third-order valence-electron chi connectivity index (χ3n) is 3.52. The molecule has 0 saturated heterocycles. The highest BCUT2D eigenvalue weighted by molar-refractivity contribution is 4.94. The third-order valence-corrected chi connectivity index (χ3v) is 3.52. The molecule has 0 heterocycles. The molecule has 1 aliphatic rings. The molecule has 1 rings (SSSR count). The lowest BCUT2D eigenvalue weighted by Crippen LogP contribution is -2.32. The molecular formula is C12H22F3NO. The van der Waals surface area contributed by atoms with Crippen LogP contribution in [-0.2, 0) is 0 Å². The molecular weight excluding hydrogens is 231 g/mol. The summed E-state index contributed by atoms with van der Waals surface area (Å²) < 4.78 is 35.8. The SMILES string of the molecule is CC(CCCC(F)(F)F)NCC1(CCO)CC1. The van der Waals surface area contributed by atoms with Gasteiger partial charge in [-0.1, -0.05) is 0 Å². The molecule has 0 spiro atoms. The molecule has 1 saturated carbocycles. The molecule has 0 aliphatic heterocycles. The summed E-state index contributed by atoms with van der Waals surface area (Å²) in [5.74, 6) is 0. The number of hydrogen-bond acceptors (Lipinski definition) is 2. The molecule has 0 aromatic rings. The van der Waals surface area contributed by atoms with Gasteiger partial charge in [-0.15, -0.1) is 0 Å². The van der Waals surface area contributed by atoms with Gasteiger partial charge in [-0.25, -0.2) is 0 Å². The Morgan fingerprint density at radius 3 is 2.47 bits per heavy atom. The van der Waals surface area contributed by atoms with Crippen LogP contribution in [-0.4, -0.2) is 30.5 Å². The van der Waals surface area contributed by atoms with E-state index in [9.17, 15) is 13.2 Å². The van der Waals surface area contributed by atoms with Crippen LogP contribution in [0.25, 0.3) is 0 Å². The summed E-state index contributed by atoms with van der Waals surface area (Å²) in [6.07, 6.45) is -0.949. The second kappa shape index (κ2) is 6.05. The summed E-state index contributed by atoms with van der Waals surface area (Å²) in [7, 11) is 0. The topological polar surface area (TPSA) is 32.3 Å². The van der Waals surface area contributed by atoms with Gasteiger partial charge in [0.25, 0.3) is 0 Å². The van der Waals surface area contributed by atoms with Crippen molar-refractivity contribution >= 4 is 0 Å². The van der Waals surface area contributed by atoms with Crippen molar-refractivity contribution in [2.24, 2.45) is 5.41 Å². The number of hydrogen-bond donors (Lipinski definition) is 2. The zero-order chi connectivity index (χ0) is 12.9. The van der Waals surface area contributed by atoms with Gasteiger partial charge >= 0.3 is 6.18 Å². The van der Waals surface area contributed by atoms with E-state index < -0.39 is 12.6 Å². The van der Waals surface area contributed by atoms with Gasteiger partial charge in [0, 0.05) is 25.6 Å². The summed E-state index contributed by atoms with van der Waals surface area (Å²) in [6.45, 7) is 2.94. The molecule has 102 valence electrons. The first-order valence-electron chi connectivity index (χ1n) is 6.28. The fraction of sp³-hybridized carbons (Fsp3) is 1.00. The second-order valence-corrected chi connectivity index (χ2v) is 5.26. The summed E-state index contributed by atoms with van der Waals surface area (Å²) in [5, 5.41) is 12.2. The number of nitrogens with one attached hydrogen (secondary N) is 1. The summed E-state index contributed by atoms with van der Waals surface area (Å²) in [6, 6.07) is 0.119. The van der Waals surface area contributed by atoms with Crippen LogP contribution in [0.4, 0.5) is 13.2 Å². The van der Waals surface area contributed by atoms with Crippen LogP contribution in [0.5, 0.6) is 0 Å². The van der Waals surface area contributed by atoms with E-state index in [1.165, 1.54) is 0 Å². The Kier molecular flexibility index (Phi) is 5.25. The van der Waals surface area contributed by atoms with E-state index in [1.807, 2.05) is 6.92 Å². The Morgan fingerprint density at radius 1 is 1.35 bits per heavy atom. The minimum atomic E-state index is -4.03. The van der Waals surface area contributed by atoms with Crippen LogP contribution in [0, 0.1) is 5.41 Å². The lowest BCUT2D eigenvalue weighted by Gasteiger charge is -2.19. The zero-order valence-corrected chi connectivity index (χ0v) is 10.3. The van der Waals surface area contributed by atoms with Gasteiger partial charge in [-0.3, -0.25) is 0 Å². The van der Waals surface area contributed by atoms with Crippen LogP contribution in [0.2, 0.25) is 0 Å². The Hall–Kier alpha value is -0.290. The molecule has 1 aliphatic carbocycles. The van der Waals surface area contributed by atoms with Gasteiger partial charge in [0.1, 0.15) is 0 Å². The lowest BCUT2D eigenvalue weighted by molar-refractivity contribution is -0.135. The number of halogens is 3. The van der Waals surface area contributed by atoms with E-state index in [-0.39, 0.29) is 24.5 Å². The molecule has 17 heavy (non-hydrogen) atoms. The molecule has 5 heteroatoms. The molecule has 2 nitrogen and oxygen atoms in total. The van der Waals surface area contributed by atoms with Crippen molar-refractivity contribution in [1.82, 2.24) is 5.32 Å². The molecule has 2 N–H and O–H groups in total. The predicted octanol–water partition coefficient (Wildman–Crippen LogP) is 2.86. The summed E-state index contributed by atoms with van der Waals surface area (Å²) >= 11 is 0. The van der Waals surface area contributed by atoms with Gasteiger partial charge in [-0.05, 0) is 44.4 Å². The maximum absolute atomic E-state index is 11.9. The summed E-state index contributed by atoms with van der Waals surface area (Å²) in [5.41, 5.74) is 0.229. The smallest absolute Gasteiger partial charge is 0.389 e. The van der Waals surface area contributed by atoms with E-state index >= 15 is 0 Å². The van der Waals surface area contributed by atoms with E-state index in [2.05, 4.69) is 5.32 Å². The highest BCUT2D eigenvalue weighted by Gasteiger charge is 2.41. The Morgan fingerprint density at radius 2 is 2.00 bits per heavy atom. The fourth-order valence-electron chi connectivity index (χ4n) is 2.03. The van der Waals surface area contributed by atoms with Crippen LogP contribution in [0.1, 0.15) is 45.4 Å². The van der Waals surface area contributed by atoms with Crippen molar-refractivity contribution in [1.29, 1.82) is 0 Å². The molecule has 0 radical (unpaired) electrons. The average molecular weight is 253 g/mol. The van der Waals surface area contributed by atoms with Gasteiger partial charge in [-0.2, -0.15) is 13.2 Å². The summed E-state index contributed by atoms with van der Waals surface area (Å²) in [4.78, 5) is 0. The van der Waals surface area contributed by atoms with E-state index in [1.54, 1.807) is 0 Å². The number of alkyl halides is 3. The normalized spacial score (nSPS) is 20.3. The van der Waals surface area contributed by atoms with Crippen molar-refractivity contribution in [2.45, 2.75) is 57.7 Å². The van der Waals surface area contributed by atoms with Crippen molar-refractivity contribution in [3.8, 4) is 0 Å². The lowest BCUT2D eigenvalue weighted by atomic mass is 10.0. The molecule has 1 fully saturated rings. The number of aliphatic hydroxyl groups is 1. The maximum atomic E-state index is 11.9. The minimum absolute atomic E-state index is 0.119. The van der Waals surface area contributed by atoms with Gasteiger partial charge < -0.3 is 10.4 Å². The van der Waals surface area contributed by atoms with E-state index in [0.717, 1.165) is 25.8 Å². The minimum Gasteiger partial charge on any atom is -0.396 e. The van der Waals surface area contributed by atoms with Crippen LogP contribution in [0.3, 0.4) is 0 Å². The quantitative estimate of drug-likeness (QED) is 0.697. The van der Waals surface area contributed by atoms with Gasteiger partial charge in [0.2, 0.25) is 0 Å².